The highest BCUT2D eigenvalue weighted by Crippen LogP contribution is 2.37. The number of benzene rings is 2. The number of urea groups is 1. The van der Waals surface area contributed by atoms with Gasteiger partial charge in [-0.05, 0) is 41.8 Å². The van der Waals surface area contributed by atoms with Crippen molar-refractivity contribution in [1.29, 1.82) is 0 Å². The third kappa shape index (κ3) is 4.50. The lowest BCUT2D eigenvalue weighted by Gasteiger charge is -2.19. The van der Waals surface area contributed by atoms with Crippen molar-refractivity contribution < 1.29 is 18.9 Å². The molecule has 0 fully saturated rings. The van der Waals surface area contributed by atoms with Crippen LogP contribution in [0.3, 0.4) is 0 Å². The summed E-state index contributed by atoms with van der Waals surface area (Å²) in [7, 11) is 1.21. The van der Waals surface area contributed by atoms with Gasteiger partial charge in [-0.2, -0.15) is 4.98 Å². The Kier molecular flexibility index (Phi) is 6.07. The van der Waals surface area contributed by atoms with Gasteiger partial charge < -0.3 is 9.84 Å². The van der Waals surface area contributed by atoms with Crippen LogP contribution in [-0.2, 0) is 0 Å². The summed E-state index contributed by atoms with van der Waals surface area (Å²) in [5.41, 5.74) is 1.77. The van der Waals surface area contributed by atoms with E-state index < -0.39 is 17.9 Å². The summed E-state index contributed by atoms with van der Waals surface area (Å²) < 4.78 is 19.7. The van der Waals surface area contributed by atoms with Crippen LogP contribution in [0.5, 0.6) is 0 Å². The highest BCUT2D eigenvalue weighted by Gasteiger charge is 2.21. The van der Waals surface area contributed by atoms with Crippen LogP contribution in [0, 0.1) is 12.7 Å². The minimum absolute atomic E-state index is 0.0958. The number of aromatic nitrogens is 2. The number of aryl methyl sites for hydroxylation is 1. The van der Waals surface area contributed by atoms with Crippen LogP contribution in [0.1, 0.15) is 24.4 Å². The fraction of sp³-hybridized carbons (Fsp3) is 0.211. The Balaban J connectivity index is 2.04. The number of carbonyl (C=O) groups is 1. The van der Waals surface area contributed by atoms with Crippen molar-refractivity contribution in [1.82, 2.24) is 20.5 Å². The molecule has 2 amide bonds. The quantitative estimate of drug-likeness (QED) is 0.428. The zero-order valence-corrected chi connectivity index (χ0v) is 17.2. The topological polar surface area (TPSA) is 91.5 Å². The molecule has 152 valence electrons. The highest BCUT2D eigenvalue weighted by molar-refractivity contribution is 6.32. The lowest BCUT2D eigenvalue weighted by molar-refractivity contribution is -0.0192. The Bertz CT molecular complexity index is 1070. The Morgan fingerprint density at radius 3 is 2.62 bits per heavy atom. The lowest BCUT2D eigenvalue weighted by Crippen LogP contribution is -2.36. The average Bonchev–Trinajstić information content (AvgIpc) is 3.06. The molecule has 0 spiro atoms. The summed E-state index contributed by atoms with van der Waals surface area (Å²) in [6.45, 7) is 3.32. The second-order valence-electron chi connectivity index (χ2n) is 6.38. The molecule has 0 aliphatic carbocycles. The number of amides is 2. The van der Waals surface area contributed by atoms with Crippen LogP contribution < -0.4 is 5.32 Å². The van der Waals surface area contributed by atoms with E-state index in [9.17, 15) is 14.4 Å². The maximum absolute atomic E-state index is 14.7. The first kappa shape index (κ1) is 21.0. The molecule has 0 saturated heterocycles. The normalized spacial score (nSPS) is 12.0. The van der Waals surface area contributed by atoms with Crippen molar-refractivity contribution in [2.24, 2.45) is 0 Å². The summed E-state index contributed by atoms with van der Waals surface area (Å²) in [4.78, 5) is 15.8. The number of nitrogens with one attached hydrogen (secondary N) is 1. The van der Waals surface area contributed by atoms with Gasteiger partial charge in [0.25, 0.3) is 0 Å². The Hall–Kier alpha value is -2.68. The molecule has 0 aliphatic heterocycles. The van der Waals surface area contributed by atoms with Crippen LogP contribution in [-0.4, -0.2) is 33.5 Å². The van der Waals surface area contributed by atoms with Crippen molar-refractivity contribution in [2.45, 2.75) is 19.9 Å². The molecule has 0 saturated carbocycles. The van der Waals surface area contributed by atoms with Crippen molar-refractivity contribution in [3.8, 4) is 22.5 Å². The number of halogens is 3. The van der Waals surface area contributed by atoms with Gasteiger partial charge in [0.15, 0.2) is 0 Å². The van der Waals surface area contributed by atoms with E-state index in [-0.39, 0.29) is 16.4 Å². The molecule has 0 aliphatic rings. The van der Waals surface area contributed by atoms with E-state index in [1.54, 1.807) is 38.1 Å². The van der Waals surface area contributed by atoms with Crippen molar-refractivity contribution >= 4 is 29.2 Å². The third-order valence-electron chi connectivity index (χ3n) is 4.22. The molecule has 3 aromatic rings. The van der Waals surface area contributed by atoms with E-state index in [4.69, 9.17) is 27.7 Å². The maximum atomic E-state index is 14.7. The van der Waals surface area contributed by atoms with Crippen LogP contribution in [0.4, 0.5) is 9.18 Å². The van der Waals surface area contributed by atoms with Crippen LogP contribution in [0.15, 0.2) is 34.9 Å². The molecule has 2 N–H and O–H groups in total. The van der Waals surface area contributed by atoms with Gasteiger partial charge in [0.2, 0.25) is 11.7 Å². The fourth-order valence-electron chi connectivity index (χ4n) is 2.83. The van der Waals surface area contributed by atoms with E-state index in [2.05, 4.69) is 15.5 Å². The minimum atomic E-state index is -0.677. The van der Waals surface area contributed by atoms with Gasteiger partial charge in [-0.15, -0.1) is 0 Å². The van der Waals surface area contributed by atoms with E-state index in [1.165, 1.54) is 13.1 Å². The molecular formula is C19H17Cl2FN4O3. The predicted octanol–water partition coefficient (Wildman–Crippen LogP) is 5.25. The zero-order valence-electron chi connectivity index (χ0n) is 15.7. The van der Waals surface area contributed by atoms with Crippen molar-refractivity contribution in [3.63, 3.8) is 0 Å². The molecule has 1 atom stereocenters. The Labute approximate surface area is 176 Å². The molecule has 3 rings (SSSR count). The van der Waals surface area contributed by atoms with E-state index in [0.717, 1.165) is 0 Å². The van der Waals surface area contributed by atoms with Gasteiger partial charge in [-0.1, -0.05) is 40.5 Å². The van der Waals surface area contributed by atoms with Gasteiger partial charge >= 0.3 is 6.03 Å². The van der Waals surface area contributed by atoms with Crippen LogP contribution >= 0.6 is 23.2 Å². The number of rotatable bonds is 4. The number of nitrogens with zero attached hydrogens (tertiary/aromatic N) is 3. The zero-order chi connectivity index (χ0) is 21.3. The van der Waals surface area contributed by atoms with Crippen LogP contribution in [0.2, 0.25) is 10.0 Å². The number of hydrogen-bond donors (Lipinski definition) is 2. The monoisotopic (exact) mass is 438 g/mol. The molecule has 1 unspecified atom stereocenters. The molecule has 29 heavy (non-hydrogen) atoms. The minimum Gasteiger partial charge on any atom is -0.339 e. The Morgan fingerprint density at radius 2 is 2.03 bits per heavy atom. The van der Waals surface area contributed by atoms with E-state index in [0.29, 0.717) is 32.7 Å². The van der Waals surface area contributed by atoms with Gasteiger partial charge in [-0.3, -0.25) is 5.21 Å². The molecule has 10 heteroatoms. The summed E-state index contributed by atoms with van der Waals surface area (Å²) in [6, 6.07) is 6.65. The molecule has 7 nitrogen and oxygen atoms in total. The van der Waals surface area contributed by atoms with E-state index in [1.807, 2.05) is 0 Å². The smallest absolute Gasteiger partial charge is 0.339 e. The summed E-state index contributed by atoms with van der Waals surface area (Å²) in [5, 5.41) is 16.6. The van der Waals surface area contributed by atoms with Gasteiger partial charge in [0, 0.05) is 24.0 Å². The molecule has 1 heterocycles. The third-order valence-corrected chi connectivity index (χ3v) is 4.76. The largest absolute Gasteiger partial charge is 0.341 e. The second-order valence-corrected chi connectivity index (χ2v) is 7.22. The first-order valence-corrected chi connectivity index (χ1v) is 9.25. The van der Waals surface area contributed by atoms with E-state index >= 15 is 0 Å². The molecule has 1 aromatic heterocycles. The van der Waals surface area contributed by atoms with Gasteiger partial charge in [-0.25, -0.2) is 14.2 Å². The summed E-state index contributed by atoms with van der Waals surface area (Å²) >= 11 is 12.5. The standard InChI is InChI=1S/C19H17Cl2FN4O3/c1-9(23-19(27)26(3)28)13-5-4-11(6-15(13)21)14-7-12(20)8-16(22)17(14)18-24-10(2)29-25-18/h4-9,28H,1-3H3,(H,23,27). The van der Waals surface area contributed by atoms with Crippen LogP contribution in [0.25, 0.3) is 22.5 Å². The molecule has 2 aromatic carbocycles. The molecule has 0 radical (unpaired) electrons. The van der Waals surface area contributed by atoms with Crippen molar-refractivity contribution in [3.05, 3.63) is 57.6 Å². The lowest BCUT2D eigenvalue weighted by atomic mass is 9.96. The maximum Gasteiger partial charge on any atom is 0.341 e. The summed E-state index contributed by atoms with van der Waals surface area (Å²) in [5.74, 6) is -0.203. The summed E-state index contributed by atoms with van der Waals surface area (Å²) in [6.07, 6.45) is 0. The predicted molar refractivity (Wildman–Crippen MR) is 106 cm³/mol. The average molecular weight is 439 g/mol. The van der Waals surface area contributed by atoms with Gasteiger partial charge in [0.05, 0.1) is 11.6 Å². The van der Waals surface area contributed by atoms with Crippen molar-refractivity contribution in [2.75, 3.05) is 7.05 Å². The first-order valence-electron chi connectivity index (χ1n) is 8.50. The SMILES string of the molecule is Cc1nc(-c2c(F)cc(Cl)cc2-c2ccc(C(C)NC(=O)N(C)O)c(Cl)c2)no1. The number of hydroxylamine groups is 2. The Morgan fingerprint density at radius 1 is 1.31 bits per heavy atom. The highest BCUT2D eigenvalue weighted by atomic mass is 35.5. The number of hydrogen-bond acceptors (Lipinski definition) is 5. The van der Waals surface area contributed by atoms with Gasteiger partial charge in [0.1, 0.15) is 5.82 Å². The first-order chi connectivity index (χ1) is 13.7. The fourth-order valence-corrected chi connectivity index (χ4v) is 3.38. The molecular weight excluding hydrogens is 422 g/mol. The molecule has 0 bridgehead atoms. The number of carbonyl (C=O) groups excluding carboxylic acids is 1. The second kappa shape index (κ2) is 8.36.